The van der Waals surface area contributed by atoms with E-state index in [0.29, 0.717) is 13.2 Å². The van der Waals surface area contributed by atoms with Gasteiger partial charge in [-0.15, -0.1) is 0 Å². The van der Waals surface area contributed by atoms with Crippen LogP contribution >= 0.6 is 22.6 Å². The van der Waals surface area contributed by atoms with Gasteiger partial charge in [0.2, 0.25) is 5.91 Å². The van der Waals surface area contributed by atoms with Crippen molar-refractivity contribution < 1.29 is 9.53 Å². The van der Waals surface area contributed by atoms with Crippen LogP contribution in [0.1, 0.15) is 6.92 Å². The first-order valence-corrected chi connectivity index (χ1v) is 4.63. The molecule has 0 fully saturated rings. The summed E-state index contributed by atoms with van der Waals surface area (Å²) in [5, 5.41) is 2.53. The van der Waals surface area contributed by atoms with E-state index in [9.17, 15) is 4.79 Å². The highest BCUT2D eigenvalue weighted by Gasteiger charge is 1.92. The molecule has 12 heavy (non-hydrogen) atoms. The van der Waals surface area contributed by atoms with Crippen molar-refractivity contribution in [3.05, 3.63) is 22.4 Å². The minimum absolute atomic E-state index is 0.208. The summed E-state index contributed by atoms with van der Waals surface area (Å²) in [6.07, 6.45) is 2.83. The SMILES string of the molecule is C=CC(=O)N/C=C(/I)COCC. The van der Waals surface area contributed by atoms with Crippen LogP contribution in [0.5, 0.6) is 0 Å². The maximum atomic E-state index is 10.7. The molecule has 0 saturated heterocycles. The lowest BCUT2D eigenvalue weighted by atomic mass is 10.5. The molecule has 0 unspecified atom stereocenters. The topological polar surface area (TPSA) is 38.3 Å². The van der Waals surface area contributed by atoms with Gasteiger partial charge in [0.25, 0.3) is 0 Å². The summed E-state index contributed by atoms with van der Waals surface area (Å²) in [6.45, 7) is 6.46. The van der Waals surface area contributed by atoms with Crippen LogP contribution in [0, 0.1) is 0 Å². The minimum Gasteiger partial charge on any atom is -0.377 e. The molecular weight excluding hydrogens is 269 g/mol. The van der Waals surface area contributed by atoms with Crippen LogP contribution in [-0.4, -0.2) is 19.1 Å². The van der Waals surface area contributed by atoms with Gasteiger partial charge in [-0.2, -0.15) is 0 Å². The fraction of sp³-hybridized carbons (Fsp3) is 0.375. The minimum atomic E-state index is -0.208. The van der Waals surface area contributed by atoms with E-state index >= 15 is 0 Å². The molecule has 1 N–H and O–H groups in total. The van der Waals surface area contributed by atoms with E-state index in [1.54, 1.807) is 6.20 Å². The molecule has 0 bridgehead atoms. The number of amides is 1. The molecule has 0 aliphatic rings. The Labute approximate surface area is 86.0 Å². The Hall–Kier alpha value is -0.360. The van der Waals surface area contributed by atoms with Crippen LogP contribution in [0.4, 0.5) is 0 Å². The van der Waals surface area contributed by atoms with E-state index in [0.717, 1.165) is 3.58 Å². The van der Waals surface area contributed by atoms with Gasteiger partial charge in [0, 0.05) is 16.4 Å². The molecule has 0 aromatic carbocycles. The van der Waals surface area contributed by atoms with Crippen molar-refractivity contribution in [2.24, 2.45) is 0 Å². The van der Waals surface area contributed by atoms with Crippen LogP contribution < -0.4 is 5.32 Å². The third kappa shape index (κ3) is 6.36. The standard InChI is InChI=1S/C8H12INO2/c1-3-8(11)10-5-7(9)6-12-4-2/h3,5H,1,4,6H2,2H3,(H,10,11)/b7-5+. The van der Waals surface area contributed by atoms with Crippen molar-refractivity contribution in [2.45, 2.75) is 6.92 Å². The third-order valence-electron chi connectivity index (χ3n) is 1.00. The Balaban J connectivity index is 3.67. The summed E-state index contributed by atoms with van der Waals surface area (Å²) >= 11 is 2.10. The van der Waals surface area contributed by atoms with E-state index < -0.39 is 0 Å². The second-order valence-electron chi connectivity index (χ2n) is 1.94. The Morgan fingerprint density at radius 3 is 2.92 bits per heavy atom. The molecule has 0 atom stereocenters. The average Bonchev–Trinajstić information content (AvgIpc) is 2.10. The highest BCUT2D eigenvalue weighted by Crippen LogP contribution is 2.03. The molecule has 0 spiro atoms. The second kappa shape index (κ2) is 7.30. The lowest BCUT2D eigenvalue weighted by Gasteiger charge is -1.99. The molecule has 3 nitrogen and oxygen atoms in total. The first-order chi connectivity index (χ1) is 5.70. The predicted octanol–water partition coefficient (Wildman–Crippen LogP) is 1.60. The molecule has 0 aliphatic carbocycles. The Morgan fingerprint density at radius 1 is 1.75 bits per heavy atom. The Bertz CT molecular complexity index is 189. The Morgan fingerprint density at radius 2 is 2.42 bits per heavy atom. The zero-order chi connectivity index (χ0) is 9.40. The molecule has 0 aromatic rings. The largest absolute Gasteiger partial charge is 0.377 e. The molecule has 0 rings (SSSR count). The molecule has 68 valence electrons. The number of carbonyl (C=O) groups excluding carboxylic acids is 1. The highest BCUT2D eigenvalue weighted by molar-refractivity contribution is 14.1. The average molecular weight is 281 g/mol. The van der Waals surface area contributed by atoms with E-state index in [2.05, 4.69) is 34.5 Å². The first kappa shape index (κ1) is 11.6. The summed E-state index contributed by atoms with van der Waals surface area (Å²) in [5.74, 6) is -0.208. The number of carbonyl (C=O) groups is 1. The van der Waals surface area contributed by atoms with Gasteiger partial charge in [0.15, 0.2) is 0 Å². The van der Waals surface area contributed by atoms with Crippen molar-refractivity contribution >= 4 is 28.5 Å². The lowest BCUT2D eigenvalue weighted by Crippen LogP contribution is -2.14. The molecule has 4 heteroatoms. The number of rotatable bonds is 5. The van der Waals surface area contributed by atoms with Crippen molar-refractivity contribution in [3.63, 3.8) is 0 Å². The summed E-state index contributed by atoms with van der Waals surface area (Å²) in [4.78, 5) is 10.7. The van der Waals surface area contributed by atoms with Gasteiger partial charge in [-0.25, -0.2) is 0 Å². The van der Waals surface area contributed by atoms with E-state index in [-0.39, 0.29) is 5.91 Å². The monoisotopic (exact) mass is 281 g/mol. The number of hydrogen-bond donors (Lipinski definition) is 1. The van der Waals surface area contributed by atoms with Crippen LogP contribution in [-0.2, 0) is 9.53 Å². The first-order valence-electron chi connectivity index (χ1n) is 3.56. The van der Waals surface area contributed by atoms with Gasteiger partial charge in [0.05, 0.1) is 6.61 Å². The van der Waals surface area contributed by atoms with E-state index in [1.807, 2.05) is 6.92 Å². The van der Waals surface area contributed by atoms with E-state index in [4.69, 9.17) is 4.74 Å². The van der Waals surface area contributed by atoms with Crippen molar-refractivity contribution in [2.75, 3.05) is 13.2 Å². The van der Waals surface area contributed by atoms with Gasteiger partial charge in [-0.3, -0.25) is 4.79 Å². The van der Waals surface area contributed by atoms with Crippen LogP contribution in [0.15, 0.2) is 22.4 Å². The molecule has 0 saturated carbocycles. The third-order valence-corrected chi connectivity index (χ3v) is 1.62. The normalized spacial score (nSPS) is 11.0. The molecule has 1 amide bonds. The fourth-order valence-electron chi connectivity index (χ4n) is 0.450. The predicted molar refractivity (Wildman–Crippen MR) is 56.9 cm³/mol. The fourth-order valence-corrected chi connectivity index (χ4v) is 0.825. The molecule has 0 aliphatic heterocycles. The van der Waals surface area contributed by atoms with Gasteiger partial charge in [-0.05, 0) is 35.6 Å². The summed E-state index contributed by atoms with van der Waals surface area (Å²) in [5.41, 5.74) is 0. The quantitative estimate of drug-likeness (QED) is 0.614. The van der Waals surface area contributed by atoms with Crippen LogP contribution in [0.3, 0.4) is 0 Å². The maximum Gasteiger partial charge on any atom is 0.247 e. The number of hydrogen-bond acceptors (Lipinski definition) is 2. The summed E-state index contributed by atoms with van der Waals surface area (Å²) in [7, 11) is 0. The van der Waals surface area contributed by atoms with Crippen LogP contribution in [0.2, 0.25) is 0 Å². The number of ether oxygens (including phenoxy) is 1. The van der Waals surface area contributed by atoms with Gasteiger partial charge in [0.1, 0.15) is 0 Å². The summed E-state index contributed by atoms with van der Waals surface area (Å²) in [6, 6.07) is 0. The van der Waals surface area contributed by atoms with Gasteiger partial charge >= 0.3 is 0 Å². The van der Waals surface area contributed by atoms with Crippen molar-refractivity contribution in [3.8, 4) is 0 Å². The van der Waals surface area contributed by atoms with Gasteiger partial charge < -0.3 is 10.1 Å². The molecular formula is C8H12INO2. The number of nitrogens with one attached hydrogen (secondary N) is 1. The zero-order valence-corrected chi connectivity index (χ0v) is 9.13. The van der Waals surface area contributed by atoms with Crippen LogP contribution in [0.25, 0.3) is 0 Å². The molecule has 0 aromatic heterocycles. The number of halogens is 1. The summed E-state index contributed by atoms with van der Waals surface area (Å²) < 4.78 is 6.06. The Kier molecular flexibility index (Phi) is 7.08. The van der Waals surface area contributed by atoms with Crippen molar-refractivity contribution in [1.29, 1.82) is 0 Å². The van der Waals surface area contributed by atoms with Gasteiger partial charge in [-0.1, -0.05) is 6.58 Å². The van der Waals surface area contributed by atoms with Crippen molar-refractivity contribution in [1.82, 2.24) is 5.32 Å². The van der Waals surface area contributed by atoms with E-state index in [1.165, 1.54) is 6.08 Å². The second-order valence-corrected chi connectivity index (χ2v) is 3.33. The maximum absolute atomic E-state index is 10.7. The smallest absolute Gasteiger partial charge is 0.247 e. The molecule has 0 radical (unpaired) electrons. The zero-order valence-electron chi connectivity index (χ0n) is 6.97. The highest BCUT2D eigenvalue weighted by atomic mass is 127. The molecule has 0 heterocycles. The lowest BCUT2D eigenvalue weighted by molar-refractivity contribution is -0.115.